The highest BCUT2D eigenvalue weighted by Crippen LogP contribution is 2.44. The number of hydrogen-bond donors (Lipinski definition) is 0. The highest BCUT2D eigenvalue weighted by Gasteiger charge is 2.19. The van der Waals surface area contributed by atoms with Crippen molar-refractivity contribution in [3.63, 3.8) is 0 Å². The number of benzene rings is 6. The van der Waals surface area contributed by atoms with Crippen LogP contribution < -0.4 is 0 Å². The van der Waals surface area contributed by atoms with E-state index in [4.69, 9.17) is 19.4 Å². The molecule has 0 fully saturated rings. The summed E-state index contributed by atoms with van der Waals surface area (Å²) in [5, 5.41) is 5.60. The van der Waals surface area contributed by atoms with Crippen molar-refractivity contribution < 1.29 is 4.42 Å². The molecule has 4 nitrogen and oxygen atoms in total. The van der Waals surface area contributed by atoms with Crippen molar-refractivity contribution in [1.29, 1.82) is 0 Å². The van der Waals surface area contributed by atoms with Crippen LogP contribution in [0.5, 0.6) is 0 Å². The second-order valence-electron chi connectivity index (χ2n) is 12.0. The normalized spacial score (nSPS) is 11.8. The lowest BCUT2D eigenvalue weighted by molar-refractivity contribution is 0.669. The molecule has 0 atom stereocenters. The van der Waals surface area contributed by atoms with Crippen LogP contribution in [0.15, 0.2) is 156 Å². The van der Waals surface area contributed by atoms with Crippen LogP contribution in [0.1, 0.15) is 0 Å². The largest absolute Gasteiger partial charge is 0.456 e. The van der Waals surface area contributed by atoms with E-state index in [0.717, 1.165) is 66.8 Å². The van der Waals surface area contributed by atoms with Crippen molar-refractivity contribution in [1.82, 2.24) is 15.0 Å². The Morgan fingerprint density at radius 1 is 0.458 bits per heavy atom. The summed E-state index contributed by atoms with van der Waals surface area (Å²) in [4.78, 5) is 15.7. The van der Waals surface area contributed by atoms with Crippen molar-refractivity contribution in [2.45, 2.75) is 0 Å². The first kappa shape index (κ1) is 27.0. The third-order valence-corrected chi connectivity index (χ3v) is 10.3. The highest BCUT2D eigenvalue weighted by molar-refractivity contribution is 7.26. The van der Waals surface area contributed by atoms with Crippen molar-refractivity contribution in [3.8, 4) is 45.2 Å². The smallest absolute Gasteiger partial charge is 0.161 e. The van der Waals surface area contributed by atoms with Gasteiger partial charge in [-0.2, -0.15) is 0 Å². The van der Waals surface area contributed by atoms with Gasteiger partial charge >= 0.3 is 0 Å². The molecular formula is C43H25N3OS. The molecule has 0 amide bonds. The number of pyridine rings is 1. The van der Waals surface area contributed by atoms with E-state index in [2.05, 4.69) is 103 Å². The number of rotatable bonds is 4. The summed E-state index contributed by atoms with van der Waals surface area (Å²) in [6.45, 7) is 0. The summed E-state index contributed by atoms with van der Waals surface area (Å²) in [6, 6.07) is 52.3. The van der Waals surface area contributed by atoms with Gasteiger partial charge in [0.25, 0.3) is 0 Å². The summed E-state index contributed by atoms with van der Waals surface area (Å²) in [5.41, 5.74) is 9.52. The number of fused-ring (bicyclic) bond motifs is 8. The van der Waals surface area contributed by atoms with Gasteiger partial charge in [0.15, 0.2) is 5.82 Å². The molecule has 0 aliphatic carbocycles. The lowest BCUT2D eigenvalue weighted by atomic mass is 10.00. The van der Waals surface area contributed by atoms with Gasteiger partial charge in [-0.15, -0.1) is 11.3 Å². The van der Waals surface area contributed by atoms with Gasteiger partial charge in [-0.25, -0.2) is 15.0 Å². The minimum atomic E-state index is 0.663. The Hall–Kier alpha value is -6.17. The molecule has 0 radical (unpaired) electrons. The predicted octanol–water partition coefficient (Wildman–Crippen LogP) is 12.0. The van der Waals surface area contributed by atoms with E-state index in [1.807, 2.05) is 59.9 Å². The monoisotopic (exact) mass is 631 g/mol. The molecule has 4 heterocycles. The summed E-state index contributed by atoms with van der Waals surface area (Å²) < 4.78 is 8.71. The van der Waals surface area contributed by atoms with E-state index in [0.29, 0.717) is 5.82 Å². The van der Waals surface area contributed by atoms with Crippen LogP contribution in [0.4, 0.5) is 0 Å². The van der Waals surface area contributed by atoms with E-state index >= 15 is 0 Å². The van der Waals surface area contributed by atoms with E-state index < -0.39 is 0 Å². The van der Waals surface area contributed by atoms with Gasteiger partial charge in [0.2, 0.25) is 0 Å². The quantitative estimate of drug-likeness (QED) is 0.194. The molecule has 10 aromatic rings. The topological polar surface area (TPSA) is 51.8 Å². The van der Waals surface area contributed by atoms with Gasteiger partial charge in [0, 0.05) is 58.6 Å². The Kier molecular flexibility index (Phi) is 6.01. The summed E-state index contributed by atoms with van der Waals surface area (Å²) in [7, 11) is 0. The van der Waals surface area contributed by atoms with Crippen molar-refractivity contribution in [2.75, 3.05) is 0 Å². The Labute approximate surface area is 279 Å². The van der Waals surface area contributed by atoms with Crippen molar-refractivity contribution >= 4 is 64.4 Å². The zero-order valence-electron chi connectivity index (χ0n) is 25.6. The summed E-state index contributed by atoms with van der Waals surface area (Å²) in [5.74, 6) is 0.663. The second-order valence-corrected chi connectivity index (χ2v) is 13.0. The molecule has 0 saturated carbocycles. The van der Waals surface area contributed by atoms with Crippen LogP contribution in [-0.2, 0) is 0 Å². The van der Waals surface area contributed by atoms with E-state index in [1.165, 1.54) is 25.6 Å². The van der Waals surface area contributed by atoms with Gasteiger partial charge in [0.1, 0.15) is 11.2 Å². The maximum atomic E-state index is 6.24. The zero-order chi connectivity index (χ0) is 31.6. The van der Waals surface area contributed by atoms with Gasteiger partial charge < -0.3 is 4.42 Å². The third-order valence-electron chi connectivity index (χ3n) is 9.09. The standard InChI is InChI=1S/C43H25N3OS/c1-3-12-26(13-4-1)34-25-35(46-43(45-34)31-18-11-21-37-39(31)30-17-8-10-20-36(30)47-37)28-22-23-38-32(24-28)40-41(27-14-5-2-6-15-27)44-33-19-9-7-16-29(33)42(40)48-38/h1-25H. The molecule has 0 N–H and O–H groups in total. The fraction of sp³-hybridized carbons (Fsp3) is 0. The average molecular weight is 632 g/mol. The summed E-state index contributed by atoms with van der Waals surface area (Å²) in [6.07, 6.45) is 0. The SMILES string of the molecule is c1ccc(-c2cc(-c3ccc4sc5c6ccccc6nc(-c6ccccc6)c5c4c3)nc(-c3cccc4oc5ccccc5c34)n2)cc1. The van der Waals surface area contributed by atoms with Gasteiger partial charge in [-0.3, -0.25) is 0 Å². The number of thiophene rings is 1. The first-order valence-corrected chi connectivity index (χ1v) is 16.8. The third kappa shape index (κ3) is 4.25. The van der Waals surface area contributed by atoms with Crippen molar-refractivity contribution in [3.05, 3.63) is 152 Å². The Balaban J connectivity index is 1.25. The molecule has 0 spiro atoms. The van der Waals surface area contributed by atoms with Crippen LogP contribution in [0.25, 0.3) is 98.2 Å². The summed E-state index contributed by atoms with van der Waals surface area (Å²) >= 11 is 1.82. The van der Waals surface area contributed by atoms with Crippen LogP contribution in [-0.4, -0.2) is 15.0 Å². The van der Waals surface area contributed by atoms with Crippen LogP contribution in [0.3, 0.4) is 0 Å². The van der Waals surface area contributed by atoms with E-state index in [9.17, 15) is 0 Å². The molecule has 0 aliphatic heterocycles. The predicted molar refractivity (Wildman–Crippen MR) is 199 cm³/mol. The fourth-order valence-corrected chi connectivity index (χ4v) is 8.08. The van der Waals surface area contributed by atoms with Crippen LogP contribution in [0, 0.1) is 0 Å². The molecule has 224 valence electrons. The number of hydrogen-bond acceptors (Lipinski definition) is 5. The Bertz CT molecular complexity index is 2840. The minimum absolute atomic E-state index is 0.663. The van der Waals surface area contributed by atoms with Crippen LogP contribution >= 0.6 is 11.3 Å². The number of nitrogens with zero attached hydrogens (tertiary/aromatic N) is 3. The first-order chi connectivity index (χ1) is 23.8. The molecule has 6 aromatic carbocycles. The highest BCUT2D eigenvalue weighted by atomic mass is 32.1. The van der Waals surface area contributed by atoms with Gasteiger partial charge in [0.05, 0.1) is 22.6 Å². The number of furan rings is 1. The molecule has 0 unspecified atom stereocenters. The minimum Gasteiger partial charge on any atom is -0.456 e. The molecule has 0 saturated heterocycles. The van der Waals surface area contributed by atoms with Gasteiger partial charge in [-0.1, -0.05) is 115 Å². The van der Waals surface area contributed by atoms with Crippen LogP contribution in [0.2, 0.25) is 0 Å². The maximum Gasteiger partial charge on any atom is 0.161 e. The first-order valence-electron chi connectivity index (χ1n) is 15.9. The van der Waals surface area contributed by atoms with E-state index in [-0.39, 0.29) is 0 Å². The second kappa shape index (κ2) is 10.7. The molecular weight excluding hydrogens is 607 g/mol. The molecule has 10 rings (SSSR count). The Morgan fingerprint density at radius 2 is 1.15 bits per heavy atom. The average Bonchev–Trinajstić information content (AvgIpc) is 3.74. The Morgan fingerprint density at radius 3 is 1.98 bits per heavy atom. The molecule has 48 heavy (non-hydrogen) atoms. The zero-order valence-corrected chi connectivity index (χ0v) is 26.4. The maximum absolute atomic E-state index is 6.24. The molecule has 5 heteroatoms. The lowest BCUT2D eigenvalue weighted by Gasteiger charge is -2.11. The van der Waals surface area contributed by atoms with E-state index in [1.54, 1.807) is 0 Å². The number of aromatic nitrogens is 3. The van der Waals surface area contributed by atoms with Crippen molar-refractivity contribution in [2.24, 2.45) is 0 Å². The molecule has 0 aliphatic rings. The molecule has 4 aromatic heterocycles. The fourth-order valence-electron chi connectivity index (χ4n) is 6.86. The molecule has 0 bridgehead atoms. The lowest BCUT2D eigenvalue weighted by Crippen LogP contribution is -1.96. The van der Waals surface area contributed by atoms with Gasteiger partial charge in [-0.05, 0) is 36.4 Å². The number of para-hydroxylation sites is 2.